The van der Waals surface area contributed by atoms with Crippen LogP contribution >= 0.6 is 27.5 Å². The van der Waals surface area contributed by atoms with Gasteiger partial charge >= 0.3 is 0 Å². The molecule has 0 saturated heterocycles. The number of hydrazine groups is 1. The molecule has 0 bridgehead atoms. The third-order valence-electron chi connectivity index (χ3n) is 2.91. The molecule has 0 atom stereocenters. The number of halogens is 2. The largest absolute Gasteiger partial charge is 0.487 e. The number of hydrogen-bond acceptors (Lipinski definition) is 3. The van der Waals surface area contributed by atoms with Crippen LogP contribution in [0.1, 0.15) is 11.1 Å². The standard InChI is InChI=1S/C15H14BrClN2O2/c16-12-5-6-14(13(17)8-12)21-9-11-4-2-1-3-10(11)7-15(20)19-18/h1-6,8H,7,9,18H2,(H,19,20). The van der Waals surface area contributed by atoms with Crippen molar-refractivity contribution in [1.82, 2.24) is 5.43 Å². The molecule has 0 unspecified atom stereocenters. The highest BCUT2D eigenvalue weighted by Crippen LogP contribution is 2.28. The Balaban J connectivity index is 2.11. The van der Waals surface area contributed by atoms with E-state index in [1.54, 1.807) is 12.1 Å². The summed E-state index contributed by atoms with van der Waals surface area (Å²) in [7, 11) is 0. The summed E-state index contributed by atoms with van der Waals surface area (Å²) in [6.45, 7) is 0.329. The van der Waals surface area contributed by atoms with Gasteiger partial charge in [-0.2, -0.15) is 0 Å². The molecule has 2 aromatic carbocycles. The van der Waals surface area contributed by atoms with E-state index in [1.165, 1.54) is 0 Å². The van der Waals surface area contributed by atoms with Gasteiger partial charge in [-0.3, -0.25) is 10.2 Å². The van der Waals surface area contributed by atoms with Gasteiger partial charge in [0.1, 0.15) is 12.4 Å². The van der Waals surface area contributed by atoms with E-state index in [0.29, 0.717) is 17.4 Å². The highest BCUT2D eigenvalue weighted by molar-refractivity contribution is 9.10. The van der Waals surface area contributed by atoms with Crippen LogP contribution in [0.3, 0.4) is 0 Å². The Kier molecular flexibility index (Phi) is 5.61. The van der Waals surface area contributed by atoms with Gasteiger partial charge in [0.05, 0.1) is 11.4 Å². The first-order valence-electron chi connectivity index (χ1n) is 6.24. The zero-order valence-corrected chi connectivity index (χ0v) is 13.4. The summed E-state index contributed by atoms with van der Waals surface area (Å²) < 4.78 is 6.61. The molecule has 2 aromatic rings. The summed E-state index contributed by atoms with van der Waals surface area (Å²) in [5, 5.41) is 0.529. The molecule has 110 valence electrons. The first-order chi connectivity index (χ1) is 10.1. The molecule has 0 aliphatic heterocycles. The Labute approximate surface area is 136 Å². The Morgan fingerprint density at radius 3 is 2.62 bits per heavy atom. The molecular formula is C15H14BrClN2O2. The van der Waals surface area contributed by atoms with Crippen molar-refractivity contribution in [2.24, 2.45) is 5.84 Å². The van der Waals surface area contributed by atoms with E-state index in [2.05, 4.69) is 21.4 Å². The van der Waals surface area contributed by atoms with E-state index >= 15 is 0 Å². The maximum absolute atomic E-state index is 11.4. The van der Waals surface area contributed by atoms with Crippen molar-refractivity contribution < 1.29 is 9.53 Å². The van der Waals surface area contributed by atoms with Crippen LogP contribution in [-0.4, -0.2) is 5.91 Å². The van der Waals surface area contributed by atoms with Gasteiger partial charge in [0, 0.05) is 4.47 Å². The topological polar surface area (TPSA) is 64.3 Å². The second-order valence-electron chi connectivity index (χ2n) is 4.38. The van der Waals surface area contributed by atoms with E-state index in [1.807, 2.05) is 30.3 Å². The van der Waals surface area contributed by atoms with Gasteiger partial charge in [0.25, 0.3) is 0 Å². The summed E-state index contributed by atoms with van der Waals surface area (Å²) >= 11 is 9.45. The normalized spacial score (nSPS) is 10.2. The summed E-state index contributed by atoms with van der Waals surface area (Å²) in [6.07, 6.45) is 0.212. The predicted octanol–water partition coefficient (Wildman–Crippen LogP) is 3.21. The predicted molar refractivity (Wildman–Crippen MR) is 86.0 cm³/mol. The summed E-state index contributed by atoms with van der Waals surface area (Å²) in [5.41, 5.74) is 3.91. The van der Waals surface area contributed by atoms with Gasteiger partial charge in [0.15, 0.2) is 0 Å². The van der Waals surface area contributed by atoms with E-state index < -0.39 is 0 Å². The zero-order chi connectivity index (χ0) is 15.2. The summed E-state index contributed by atoms with van der Waals surface area (Å²) in [5.74, 6) is 5.47. The Hall–Kier alpha value is -1.56. The van der Waals surface area contributed by atoms with Crippen LogP contribution in [-0.2, 0) is 17.8 Å². The van der Waals surface area contributed by atoms with Gasteiger partial charge < -0.3 is 4.74 Å². The molecule has 6 heteroatoms. The average Bonchev–Trinajstić information content (AvgIpc) is 2.47. The third-order valence-corrected chi connectivity index (χ3v) is 3.70. The van der Waals surface area contributed by atoms with Crippen molar-refractivity contribution in [3.05, 3.63) is 63.1 Å². The number of hydrogen-bond donors (Lipinski definition) is 2. The summed E-state index contributed by atoms with van der Waals surface area (Å²) in [4.78, 5) is 11.4. The van der Waals surface area contributed by atoms with Gasteiger partial charge in [-0.15, -0.1) is 0 Å². The number of ether oxygens (including phenoxy) is 1. The van der Waals surface area contributed by atoms with Crippen molar-refractivity contribution in [2.75, 3.05) is 0 Å². The minimum absolute atomic E-state index is 0.212. The van der Waals surface area contributed by atoms with E-state index in [9.17, 15) is 4.79 Å². The smallest absolute Gasteiger partial charge is 0.238 e. The van der Waals surface area contributed by atoms with Gasteiger partial charge in [0.2, 0.25) is 5.91 Å². The first kappa shape index (κ1) is 15.8. The molecule has 0 saturated carbocycles. The Morgan fingerprint density at radius 2 is 1.95 bits per heavy atom. The van der Waals surface area contributed by atoms with Gasteiger partial charge in [-0.05, 0) is 29.3 Å². The molecule has 2 rings (SSSR count). The molecule has 0 spiro atoms. The molecule has 0 heterocycles. The average molecular weight is 370 g/mol. The van der Waals surface area contributed by atoms with Crippen molar-refractivity contribution in [1.29, 1.82) is 0 Å². The number of nitrogens with two attached hydrogens (primary N) is 1. The second-order valence-corrected chi connectivity index (χ2v) is 5.70. The van der Waals surface area contributed by atoms with Crippen LogP contribution in [0.2, 0.25) is 5.02 Å². The molecule has 1 amide bonds. The number of benzene rings is 2. The van der Waals surface area contributed by atoms with Gasteiger partial charge in [-0.1, -0.05) is 51.8 Å². The van der Waals surface area contributed by atoms with Crippen molar-refractivity contribution in [2.45, 2.75) is 13.0 Å². The first-order valence-corrected chi connectivity index (χ1v) is 7.41. The van der Waals surface area contributed by atoms with E-state index in [0.717, 1.165) is 15.6 Å². The lowest BCUT2D eigenvalue weighted by Crippen LogP contribution is -2.31. The fourth-order valence-corrected chi connectivity index (χ4v) is 2.57. The fourth-order valence-electron chi connectivity index (χ4n) is 1.84. The quantitative estimate of drug-likeness (QED) is 0.483. The van der Waals surface area contributed by atoms with E-state index in [-0.39, 0.29) is 12.3 Å². The van der Waals surface area contributed by atoms with Crippen LogP contribution in [0.4, 0.5) is 0 Å². The maximum Gasteiger partial charge on any atom is 0.238 e. The maximum atomic E-state index is 11.4. The van der Waals surface area contributed by atoms with Crippen LogP contribution in [0.15, 0.2) is 46.9 Å². The highest BCUT2D eigenvalue weighted by Gasteiger charge is 2.08. The van der Waals surface area contributed by atoms with Crippen LogP contribution in [0, 0.1) is 0 Å². The number of nitrogens with one attached hydrogen (secondary N) is 1. The lowest BCUT2D eigenvalue weighted by molar-refractivity contribution is -0.120. The number of rotatable bonds is 5. The molecule has 0 aromatic heterocycles. The minimum atomic E-state index is -0.246. The Morgan fingerprint density at radius 1 is 1.24 bits per heavy atom. The van der Waals surface area contributed by atoms with Crippen LogP contribution < -0.4 is 16.0 Å². The fraction of sp³-hybridized carbons (Fsp3) is 0.133. The van der Waals surface area contributed by atoms with Gasteiger partial charge in [-0.25, -0.2) is 5.84 Å². The molecule has 4 nitrogen and oxygen atoms in total. The zero-order valence-electron chi connectivity index (χ0n) is 11.1. The van der Waals surface area contributed by atoms with Crippen molar-refractivity contribution in [3.63, 3.8) is 0 Å². The molecule has 0 radical (unpaired) electrons. The Bertz CT molecular complexity index is 649. The number of carbonyl (C=O) groups is 1. The molecular weight excluding hydrogens is 356 g/mol. The number of carbonyl (C=O) groups excluding carboxylic acids is 1. The van der Waals surface area contributed by atoms with Crippen molar-refractivity contribution >= 4 is 33.4 Å². The molecule has 0 aliphatic rings. The lowest BCUT2D eigenvalue weighted by Gasteiger charge is -2.12. The molecule has 0 aliphatic carbocycles. The number of amides is 1. The molecule has 0 fully saturated rings. The third kappa shape index (κ3) is 4.46. The van der Waals surface area contributed by atoms with E-state index in [4.69, 9.17) is 22.2 Å². The SMILES string of the molecule is NNC(=O)Cc1ccccc1COc1ccc(Br)cc1Cl. The molecule has 3 N–H and O–H groups in total. The summed E-state index contributed by atoms with van der Waals surface area (Å²) in [6, 6.07) is 13.0. The second kappa shape index (κ2) is 7.45. The van der Waals surface area contributed by atoms with Crippen LogP contribution in [0.25, 0.3) is 0 Å². The highest BCUT2D eigenvalue weighted by atomic mass is 79.9. The van der Waals surface area contributed by atoms with Crippen LogP contribution in [0.5, 0.6) is 5.75 Å². The van der Waals surface area contributed by atoms with Crippen molar-refractivity contribution in [3.8, 4) is 5.75 Å². The monoisotopic (exact) mass is 368 g/mol. The minimum Gasteiger partial charge on any atom is -0.487 e. The molecule has 21 heavy (non-hydrogen) atoms. The lowest BCUT2D eigenvalue weighted by atomic mass is 10.1.